The Hall–Kier alpha value is -1.55. The van der Waals surface area contributed by atoms with Crippen molar-refractivity contribution in [2.45, 2.75) is 39.3 Å². The van der Waals surface area contributed by atoms with Crippen LogP contribution in [0.1, 0.15) is 27.2 Å². The highest BCUT2D eigenvalue weighted by atomic mass is 16.5. The number of benzene rings is 1. The van der Waals surface area contributed by atoms with Crippen molar-refractivity contribution in [1.29, 1.82) is 0 Å². The number of nitrogens with zero attached hydrogens (tertiary/aromatic N) is 1. The van der Waals surface area contributed by atoms with E-state index in [0.717, 1.165) is 25.3 Å². The molecular formula is C17H26N2O2. The van der Waals surface area contributed by atoms with E-state index < -0.39 is 0 Å². The third-order valence-electron chi connectivity index (χ3n) is 3.78. The van der Waals surface area contributed by atoms with Crippen LogP contribution >= 0.6 is 0 Å². The molecule has 0 radical (unpaired) electrons. The van der Waals surface area contributed by atoms with E-state index in [-0.39, 0.29) is 18.6 Å². The molecule has 21 heavy (non-hydrogen) atoms. The van der Waals surface area contributed by atoms with E-state index in [1.165, 1.54) is 0 Å². The Morgan fingerprint density at radius 1 is 1.38 bits per heavy atom. The number of amides is 1. The van der Waals surface area contributed by atoms with E-state index in [0.29, 0.717) is 12.0 Å². The fraction of sp³-hybridized carbons (Fsp3) is 0.588. The van der Waals surface area contributed by atoms with Gasteiger partial charge < -0.3 is 15.0 Å². The van der Waals surface area contributed by atoms with Crippen LogP contribution in [0, 0.1) is 5.92 Å². The molecule has 2 atom stereocenters. The van der Waals surface area contributed by atoms with Gasteiger partial charge in [-0.3, -0.25) is 4.79 Å². The van der Waals surface area contributed by atoms with Crippen molar-refractivity contribution in [3.63, 3.8) is 0 Å². The second kappa shape index (κ2) is 7.46. The lowest BCUT2D eigenvalue weighted by atomic mass is 9.99. The highest BCUT2D eigenvalue weighted by Gasteiger charge is 2.30. The van der Waals surface area contributed by atoms with Crippen molar-refractivity contribution in [2.24, 2.45) is 5.92 Å². The molecule has 0 aliphatic carbocycles. The molecule has 1 heterocycles. The monoisotopic (exact) mass is 290 g/mol. The third-order valence-corrected chi connectivity index (χ3v) is 3.78. The number of piperazine rings is 1. The van der Waals surface area contributed by atoms with Crippen LogP contribution in [-0.4, -0.2) is 42.6 Å². The summed E-state index contributed by atoms with van der Waals surface area (Å²) in [5, 5.41) is 3.46. The van der Waals surface area contributed by atoms with Gasteiger partial charge in [-0.15, -0.1) is 0 Å². The summed E-state index contributed by atoms with van der Waals surface area (Å²) in [4.78, 5) is 14.5. The Bertz CT molecular complexity index is 447. The van der Waals surface area contributed by atoms with Gasteiger partial charge in [0, 0.05) is 25.2 Å². The number of nitrogens with one attached hydrogen (secondary N) is 1. The Kier molecular flexibility index (Phi) is 5.62. The molecule has 1 saturated heterocycles. The van der Waals surface area contributed by atoms with E-state index in [2.05, 4.69) is 26.1 Å². The number of para-hydroxylation sites is 1. The predicted octanol–water partition coefficient (Wildman–Crippen LogP) is 2.30. The lowest BCUT2D eigenvalue weighted by Gasteiger charge is -2.40. The lowest BCUT2D eigenvalue weighted by molar-refractivity contribution is -0.137. The molecule has 1 N–H and O–H groups in total. The maximum absolute atomic E-state index is 12.5. The maximum Gasteiger partial charge on any atom is 0.260 e. The molecule has 4 nitrogen and oxygen atoms in total. The number of carbonyl (C=O) groups excluding carboxylic acids is 1. The van der Waals surface area contributed by atoms with Crippen molar-refractivity contribution in [3.05, 3.63) is 30.3 Å². The van der Waals surface area contributed by atoms with Gasteiger partial charge >= 0.3 is 0 Å². The Morgan fingerprint density at radius 2 is 2.10 bits per heavy atom. The average molecular weight is 290 g/mol. The molecule has 1 aliphatic rings. The minimum atomic E-state index is 0.0813. The second-order valence-electron chi connectivity index (χ2n) is 6.24. The molecule has 0 spiro atoms. The first kappa shape index (κ1) is 15.8. The average Bonchev–Trinajstić information content (AvgIpc) is 2.47. The van der Waals surface area contributed by atoms with Crippen LogP contribution in [-0.2, 0) is 4.79 Å². The summed E-state index contributed by atoms with van der Waals surface area (Å²) in [6, 6.07) is 10.1. The van der Waals surface area contributed by atoms with Crippen LogP contribution in [0.3, 0.4) is 0 Å². The molecule has 1 fully saturated rings. The van der Waals surface area contributed by atoms with Gasteiger partial charge in [0.15, 0.2) is 6.61 Å². The molecule has 1 aliphatic heterocycles. The van der Waals surface area contributed by atoms with Crippen LogP contribution in [0.15, 0.2) is 30.3 Å². The highest BCUT2D eigenvalue weighted by molar-refractivity contribution is 5.78. The van der Waals surface area contributed by atoms with Crippen molar-refractivity contribution in [1.82, 2.24) is 10.2 Å². The number of ether oxygens (including phenoxy) is 1. The van der Waals surface area contributed by atoms with Crippen LogP contribution in [0.5, 0.6) is 5.75 Å². The number of hydrogen-bond acceptors (Lipinski definition) is 3. The van der Waals surface area contributed by atoms with Crippen molar-refractivity contribution >= 4 is 5.91 Å². The molecule has 116 valence electrons. The standard InChI is InChI=1S/C17H26N2O2/c1-13(2)9-15-10-18-14(3)11-19(15)17(20)12-21-16-7-5-4-6-8-16/h4-8,13-15,18H,9-12H2,1-3H3. The summed E-state index contributed by atoms with van der Waals surface area (Å²) in [5.41, 5.74) is 0. The molecule has 1 aromatic rings. The first-order valence-corrected chi connectivity index (χ1v) is 7.77. The van der Waals surface area contributed by atoms with E-state index in [9.17, 15) is 4.79 Å². The van der Waals surface area contributed by atoms with E-state index >= 15 is 0 Å². The van der Waals surface area contributed by atoms with Crippen LogP contribution in [0.4, 0.5) is 0 Å². The van der Waals surface area contributed by atoms with E-state index in [4.69, 9.17) is 4.74 Å². The molecule has 0 bridgehead atoms. The predicted molar refractivity (Wildman–Crippen MR) is 84.4 cm³/mol. The van der Waals surface area contributed by atoms with Gasteiger partial charge in [-0.05, 0) is 31.4 Å². The van der Waals surface area contributed by atoms with E-state index in [1.54, 1.807) is 0 Å². The largest absolute Gasteiger partial charge is 0.484 e. The summed E-state index contributed by atoms with van der Waals surface area (Å²) < 4.78 is 5.60. The second-order valence-corrected chi connectivity index (χ2v) is 6.24. The summed E-state index contributed by atoms with van der Waals surface area (Å²) in [6.07, 6.45) is 1.02. The van der Waals surface area contributed by atoms with Crippen molar-refractivity contribution < 1.29 is 9.53 Å². The SMILES string of the molecule is CC(C)CC1CNC(C)CN1C(=O)COc1ccccc1. The summed E-state index contributed by atoms with van der Waals surface area (Å²) >= 11 is 0. The van der Waals surface area contributed by atoms with Gasteiger partial charge in [0.1, 0.15) is 5.75 Å². The van der Waals surface area contributed by atoms with E-state index in [1.807, 2.05) is 35.2 Å². The first-order valence-electron chi connectivity index (χ1n) is 7.77. The summed E-state index contributed by atoms with van der Waals surface area (Å²) in [6.45, 7) is 8.25. The van der Waals surface area contributed by atoms with Gasteiger partial charge in [-0.1, -0.05) is 32.0 Å². The Labute approximate surface area is 127 Å². The zero-order valence-corrected chi connectivity index (χ0v) is 13.2. The first-order chi connectivity index (χ1) is 10.1. The van der Waals surface area contributed by atoms with Crippen LogP contribution in [0.2, 0.25) is 0 Å². The quantitative estimate of drug-likeness (QED) is 0.904. The summed E-state index contributed by atoms with van der Waals surface area (Å²) in [5.74, 6) is 1.41. The molecule has 2 unspecified atom stereocenters. The molecule has 2 rings (SSSR count). The third kappa shape index (κ3) is 4.74. The normalized spacial score (nSPS) is 22.4. The highest BCUT2D eigenvalue weighted by Crippen LogP contribution is 2.16. The van der Waals surface area contributed by atoms with Gasteiger partial charge in [-0.25, -0.2) is 0 Å². The van der Waals surface area contributed by atoms with Gasteiger partial charge in [0.25, 0.3) is 5.91 Å². The topological polar surface area (TPSA) is 41.6 Å². The number of carbonyl (C=O) groups is 1. The van der Waals surface area contributed by atoms with Gasteiger partial charge in [-0.2, -0.15) is 0 Å². The van der Waals surface area contributed by atoms with Crippen LogP contribution < -0.4 is 10.1 Å². The molecule has 0 saturated carbocycles. The Morgan fingerprint density at radius 3 is 2.76 bits per heavy atom. The van der Waals surface area contributed by atoms with Crippen LogP contribution in [0.25, 0.3) is 0 Å². The molecular weight excluding hydrogens is 264 g/mol. The van der Waals surface area contributed by atoms with Crippen molar-refractivity contribution in [3.8, 4) is 5.75 Å². The minimum absolute atomic E-state index is 0.0813. The fourth-order valence-electron chi connectivity index (χ4n) is 2.76. The van der Waals surface area contributed by atoms with Crippen molar-refractivity contribution in [2.75, 3.05) is 19.7 Å². The fourth-order valence-corrected chi connectivity index (χ4v) is 2.76. The lowest BCUT2D eigenvalue weighted by Crippen LogP contribution is -2.58. The number of rotatable bonds is 5. The smallest absolute Gasteiger partial charge is 0.260 e. The minimum Gasteiger partial charge on any atom is -0.484 e. The van der Waals surface area contributed by atoms with Gasteiger partial charge in [0.05, 0.1) is 0 Å². The summed E-state index contributed by atoms with van der Waals surface area (Å²) in [7, 11) is 0. The Balaban J connectivity index is 1.93. The molecule has 1 aromatic carbocycles. The molecule has 0 aromatic heterocycles. The van der Waals surface area contributed by atoms with Gasteiger partial charge in [0.2, 0.25) is 0 Å². The molecule has 4 heteroatoms. The zero-order valence-electron chi connectivity index (χ0n) is 13.2. The molecule has 1 amide bonds. The maximum atomic E-state index is 12.5. The zero-order chi connectivity index (χ0) is 15.2. The number of hydrogen-bond donors (Lipinski definition) is 1.